The van der Waals surface area contributed by atoms with Gasteiger partial charge >= 0.3 is 18.0 Å². The first kappa shape index (κ1) is 16.0. The van der Waals surface area contributed by atoms with Gasteiger partial charge in [0.25, 0.3) is 0 Å². The minimum Gasteiger partial charge on any atom is -0.481 e. The fraction of sp³-hybridized carbons (Fsp3) is 0.250. The highest BCUT2D eigenvalue weighted by Crippen LogP contribution is 2.23. The number of carboxylic acid groups (broad SMARTS) is 2. The SMILES string of the molecule is Cc1c(Br)cccc1NC(=O)N[C@H](CC(=O)O)C(=O)O. The molecule has 2 amide bonds. The molecule has 0 aromatic heterocycles. The van der Waals surface area contributed by atoms with Crippen molar-refractivity contribution in [2.24, 2.45) is 0 Å². The number of hydrogen-bond donors (Lipinski definition) is 4. The number of aliphatic carboxylic acids is 2. The molecule has 0 fully saturated rings. The van der Waals surface area contributed by atoms with E-state index in [4.69, 9.17) is 10.2 Å². The Hall–Kier alpha value is -2.09. The molecule has 7 nitrogen and oxygen atoms in total. The summed E-state index contributed by atoms with van der Waals surface area (Å²) in [7, 11) is 0. The number of hydrogen-bond acceptors (Lipinski definition) is 3. The fourth-order valence-corrected chi connectivity index (χ4v) is 1.80. The minimum absolute atomic E-state index is 0.497. The lowest BCUT2D eigenvalue weighted by Crippen LogP contribution is -2.44. The number of benzene rings is 1. The van der Waals surface area contributed by atoms with Crippen LogP contribution in [0.2, 0.25) is 0 Å². The van der Waals surface area contributed by atoms with Crippen molar-refractivity contribution in [3.8, 4) is 0 Å². The Bertz CT molecular complexity index is 547. The molecule has 0 radical (unpaired) electrons. The Kier molecular flexibility index (Phi) is 5.51. The normalized spacial score (nSPS) is 11.5. The average Bonchev–Trinajstić information content (AvgIpc) is 2.33. The number of amides is 2. The van der Waals surface area contributed by atoms with E-state index in [1.54, 1.807) is 25.1 Å². The molecule has 108 valence electrons. The van der Waals surface area contributed by atoms with Gasteiger partial charge in [0.1, 0.15) is 6.04 Å². The molecule has 0 heterocycles. The monoisotopic (exact) mass is 344 g/mol. The van der Waals surface area contributed by atoms with Gasteiger partial charge in [-0.05, 0) is 24.6 Å². The third-order valence-corrected chi connectivity index (χ3v) is 3.36. The Labute approximate surface area is 123 Å². The molecule has 0 aliphatic carbocycles. The first-order valence-electron chi connectivity index (χ1n) is 5.58. The van der Waals surface area contributed by atoms with E-state index < -0.39 is 30.4 Å². The van der Waals surface area contributed by atoms with Crippen LogP contribution in [0, 0.1) is 6.92 Å². The van der Waals surface area contributed by atoms with Gasteiger partial charge in [-0.1, -0.05) is 22.0 Å². The van der Waals surface area contributed by atoms with Gasteiger partial charge in [-0.15, -0.1) is 0 Å². The van der Waals surface area contributed by atoms with Crippen LogP contribution in [0.25, 0.3) is 0 Å². The third-order valence-electron chi connectivity index (χ3n) is 2.50. The van der Waals surface area contributed by atoms with Crippen LogP contribution >= 0.6 is 15.9 Å². The molecule has 0 aliphatic heterocycles. The Morgan fingerprint density at radius 3 is 2.50 bits per heavy atom. The molecule has 0 unspecified atom stereocenters. The highest BCUT2D eigenvalue weighted by atomic mass is 79.9. The summed E-state index contributed by atoms with van der Waals surface area (Å²) in [4.78, 5) is 33.0. The van der Waals surface area contributed by atoms with E-state index in [-0.39, 0.29) is 0 Å². The topological polar surface area (TPSA) is 116 Å². The van der Waals surface area contributed by atoms with E-state index in [1.165, 1.54) is 0 Å². The number of anilines is 1. The summed E-state index contributed by atoms with van der Waals surface area (Å²) >= 11 is 3.30. The highest BCUT2D eigenvalue weighted by Gasteiger charge is 2.23. The van der Waals surface area contributed by atoms with Gasteiger partial charge in [-0.3, -0.25) is 4.79 Å². The molecule has 0 aliphatic rings. The summed E-state index contributed by atoms with van der Waals surface area (Å²) in [6.07, 6.45) is -0.694. The molecular weight excluding hydrogens is 332 g/mol. The zero-order valence-electron chi connectivity index (χ0n) is 10.5. The van der Waals surface area contributed by atoms with E-state index in [0.717, 1.165) is 10.0 Å². The summed E-state index contributed by atoms with van der Waals surface area (Å²) in [5.41, 5.74) is 1.27. The number of carbonyl (C=O) groups excluding carboxylic acids is 1. The van der Waals surface area contributed by atoms with Crippen LogP contribution in [-0.4, -0.2) is 34.2 Å². The van der Waals surface area contributed by atoms with Crippen LogP contribution in [-0.2, 0) is 9.59 Å². The second kappa shape index (κ2) is 6.90. The maximum Gasteiger partial charge on any atom is 0.326 e. The quantitative estimate of drug-likeness (QED) is 0.650. The maximum absolute atomic E-state index is 11.7. The second-order valence-electron chi connectivity index (χ2n) is 4.00. The molecule has 1 atom stereocenters. The van der Waals surface area contributed by atoms with Crippen molar-refractivity contribution in [2.75, 3.05) is 5.32 Å². The summed E-state index contributed by atoms with van der Waals surface area (Å²) < 4.78 is 0.788. The molecule has 1 rings (SSSR count). The lowest BCUT2D eigenvalue weighted by Gasteiger charge is -2.14. The molecule has 1 aromatic rings. The van der Waals surface area contributed by atoms with Crippen LogP contribution in [0.4, 0.5) is 10.5 Å². The first-order valence-corrected chi connectivity index (χ1v) is 6.37. The van der Waals surface area contributed by atoms with Crippen molar-refractivity contribution in [2.45, 2.75) is 19.4 Å². The van der Waals surface area contributed by atoms with E-state index in [0.29, 0.717) is 5.69 Å². The fourth-order valence-electron chi connectivity index (χ4n) is 1.43. The van der Waals surface area contributed by atoms with Gasteiger partial charge in [0, 0.05) is 10.2 Å². The molecule has 4 N–H and O–H groups in total. The van der Waals surface area contributed by atoms with Crippen molar-refractivity contribution in [1.82, 2.24) is 5.32 Å². The number of rotatable bonds is 5. The van der Waals surface area contributed by atoms with Crippen molar-refractivity contribution in [3.05, 3.63) is 28.2 Å². The second-order valence-corrected chi connectivity index (χ2v) is 4.85. The zero-order valence-corrected chi connectivity index (χ0v) is 12.1. The van der Waals surface area contributed by atoms with Gasteiger partial charge in [-0.2, -0.15) is 0 Å². The van der Waals surface area contributed by atoms with E-state index in [1.807, 2.05) is 0 Å². The van der Waals surface area contributed by atoms with Crippen molar-refractivity contribution in [3.63, 3.8) is 0 Å². The molecule has 0 saturated carbocycles. The van der Waals surface area contributed by atoms with Gasteiger partial charge in [0.2, 0.25) is 0 Å². The summed E-state index contributed by atoms with van der Waals surface area (Å²) in [5.74, 6) is -2.72. The molecular formula is C12H13BrN2O5. The van der Waals surface area contributed by atoms with Gasteiger partial charge < -0.3 is 20.8 Å². The van der Waals surface area contributed by atoms with E-state index >= 15 is 0 Å². The number of carboxylic acids is 2. The first-order chi connectivity index (χ1) is 9.31. The van der Waals surface area contributed by atoms with Crippen molar-refractivity contribution >= 4 is 39.6 Å². The zero-order chi connectivity index (χ0) is 15.3. The van der Waals surface area contributed by atoms with Gasteiger partial charge in [0.05, 0.1) is 6.42 Å². The Balaban J connectivity index is 2.73. The summed E-state index contributed by atoms with van der Waals surface area (Å²) in [5, 5.41) is 22.0. The van der Waals surface area contributed by atoms with Crippen molar-refractivity contribution in [1.29, 1.82) is 0 Å². The standard InChI is InChI=1S/C12H13BrN2O5/c1-6-7(13)3-2-4-8(6)14-12(20)15-9(11(18)19)5-10(16)17/h2-4,9H,5H2,1H3,(H,16,17)(H,18,19)(H2,14,15,20)/t9-/m1/s1. The Morgan fingerprint density at radius 1 is 1.30 bits per heavy atom. The lowest BCUT2D eigenvalue weighted by atomic mass is 10.2. The predicted octanol–water partition coefficient (Wildman–Crippen LogP) is 1.81. The van der Waals surface area contributed by atoms with E-state index in [9.17, 15) is 14.4 Å². The Morgan fingerprint density at radius 2 is 1.95 bits per heavy atom. The van der Waals surface area contributed by atoms with Crippen LogP contribution in [0.15, 0.2) is 22.7 Å². The van der Waals surface area contributed by atoms with Crippen LogP contribution in [0.5, 0.6) is 0 Å². The largest absolute Gasteiger partial charge is 0.481 e. The van der Waals surface area contributed by atoms with Crippen LogP contribution < -0.4 is 10.6 Å². The highest BCUT2D eigenvalue weighted by molar-refractivity contribution is 9.10. The molecule has 20 heavy (non-hydrogen) atoms. The number of carbonyl (C=O) groups is 3. The molecule has 1 aromatic carbocycles. The molecule has 0 spiro atoms. The molecule has 0 saturated heterocycles. The van der Waals surface area contributed by atoms with Crippen molar-refractivity contribution < 1.29 is 24.6 Å². The minimum atomic E-state index is -1.49. The number of nitrogens with one attached hydrogen (secondary N) is 2. The molecule has 0 bridgehead atoms. The third kappa shape index (κ3) is 4.54. The maximum atomic E-state index is 11.7. The molecule has 8 heteroatoms. The van der Waals surface area contributed by atoms with Gasteiger partial charge in [0.15, 0.2) is 0 Å². The van der Waals surface area contributed by atoms with E-state index in [2.05, 4.69) is 26.6 Å². The van der Waals surface area contributed by atoms with Gasteiger partial charge in [-0.25, -0.2) is 9.59 Å². The number of urea groups is 1. The summed E-state index contributed by atoms with van der Waals surface area (Å²) in [6.45, 7) is 1.77. The lowest BCUT2D eigenvalue weighted by molar-refractivity contribution is -0.145. The van der Waals surface area contributed by atoms with Crippen LogP contribution in [0.3, 0.4) is 0 Å². The predicted molar refractivity (Wildman–Crippen MR) is 74.7 cm³/mol. The van der Waals surface area contributed by atoms with Crippen LogP contribution in [0.1, 0.15) is 12.0 Å². The summed E-state index contributed by atoms with van der Waals surface area (Å²) in [6, 6.07) is 2.88. The average molecular weight is 345 g/mol. The smallest absolute Gasteiger partial charge is 0.326 e. The number of halogens is 1.